The Kier molecular flexibility index (Phi) is 3.69. The molecule has 1 fully saturated rings. The maximum absolute atomic E-state index is 11.8. The molecular formula is C15H21NO3. The van der Waals surface area contributed by atoms with Gasteiger partial charge in [0.1, 0.15) is 5.75 Å². The highest BCUT2D eigenvalue weighted by Crippen LogP contribution is 2.48. The lowest BCUT2D eigenvalue weighted by molar-refractivity contribution is -0.146. The molecule has 0 aromatic heterocycles. The summed E-state index contributed by atoms with van der Waals surface area (Å²) in [6.45, 7) is 2.71. The molecule has 104 valence electrons. The number of rotatable bonds is 5. The van der Waals surface area contributed by atoms with Gasteiger partial charge in [0.2, 0.25) is 0 Å². The number of esters is 1. The number of nitrogens with zero attached hydrogens (tertiary/aromatic N) is 1. The van der Waals surface area contributed by atoms with E-state index in [4.69, 9.17) is 9.47 Å². The maximum atomic E-state index is 11.8. The van der Waals surface area contributed by atoms with Gasteiger partial charge >= 0.3 is 5.97 Å². The Morgan fingerprint density at radius 2 is 2.05 bits per heavy atom. The normalized spacial score (nSPS) is 15.8. The van der Waals surface area contributed by atoms with Gasteiger partial charge < -0.3 is 14.4 Å². The second kappa shape index (κ2) is 5.11. The summed E-state index contributed by atoms with van der Waals surface area (Å²) in [4.78, 5) is 13.9. The SMILES string of the molecule is COC(=O)C1(CN(C)c2cc(C)ccc2OC)CC1. The average molecular weight is 263 g/mol. The van der Waals surface area contributed by atoms with Crippen LogP contribution < -0.4 is 9.64 Å². The zero-order chi connectivity index (χ0) is 14.0. The highest BCUT2D eigenvalue weighted by molar-refractivity contribution is 5.81. The van der Waals surface area contributed by atoms with Crippen LogP contribution in [0.1, 0.15) is 18.4 Å². The number of carbonyl (C=O) groups excluding carboxylic acids is 1. The first-order valence-corrected chi connectivity index (χ1v) is 6.46. The zero-order valence-electron chi connectivity index (χ0n) is 12.0. The third-order valence-electron chi connectivity index (χ3n) is 3.76. The summed E-state index contributed by atoms with van der Waals surface area (Å²) >= 11 is 0. The molecule has 4 heteroatoms. The first kappa shape index (κ1) is 13.7. The van der Waals surface area contributed by atoms with Crippen LogP contribution in [0.3, 0.4) is 0 Å². The molecule has 0 N–H and O–H groups in total. The van der Waals surface area contributed by atoms with E-state index < -0.39 is 0 Å². The van der Waals surface area contributed by atoms with Crippen molar-refractivity contribution in [2.75, 3.05) is 32.7 Å². The minimum atomic E-state index is -0.321. The van der Waals surface area contributed by atoms with Gasteiger partial charge in [0.15, 0.2) is 0 Å². The van der Waals surface area contributed by atoms with Crippen molar-refractivity contribution in [2.45, 2.75) is 19.8 Å². The predicted octanol–water partition coefficient (Wildman–Crippen LogP) is 2.39. The fraction of sp³-hybridized carbons (Fsp3) is 0.533. The van der Waals surface area contributed by atoms with Crippen LogP contribution in [0.2, 0.25) is 0 Å². The lowest BCUT2D eigenvalue weighted by Gasteiger charge is -2.26. The highest BCUT2D eigenvalue weighted by atomic mass is 16.5. The van der Waals surface area contributed by atoms with Crippen LogP contribution in [-0.2, 0) is 9.53 Å². The quantitative estimate of drug-likeness (QED) is 0.765. The van der Waals surface area contributed by atoms with E-state index in [-0.39, 0.29) is 11.4 Å². The molecule has 1 saturated carbocycles. The van der Waals surface area contributed by atoms with Gasteiger partial charge in [-0.25, -0.2) is 0 Å². The average Bonchev–Trinajstić information content (AvgIpc) is 3.18. The van der Waals surface area contributed by atoms with Gasteiger partial charge in [0, 0.05) is 13.6 Å². The van der Waals surface area contributed by atoms with E-state index in [0.717, 1.165) is 24.3 Å². The first-order chi connectivity index (χ1) is 9.02. The Morgan fingerprint density at radius 3 is 2.58 bits per heavy atom. The largest absolute Gasteiger partial charge is 0.495 e. The smallest absolute Gasteiger partial charge is 0.313 e. The van der Waals surface area contributed by atoms with Crippen molar-refractivity contribution in [3.63, 3.8) is 0 Å². The topological polar surface area (TPSA) is 38.8 Å². The molecule has 0 heterocycles. The number of hydrogen-bond acceptors (Lipinski definition) is 4. The lowest BCUT2D eigenvalue weighted by atomic mass is 10.1. The zero-order valence-corrected chi connectivity index (χ0v) is 12.0. The van der Waals surface area contributed by atoms with Crippen molar-refractivity contribution in [1.29, 1.82) is 0 Å². The molecule has 1 aromatic carbocycles. The Balaban J connectivity index is 2.18. The Bertz CT molecular complexity index is 480. The molecule has 0 unspecified atom stereocenters. The summed E-state index contributed by atoms with van der Waals surface area (Å²) < 4.78 is 10.3. The number of aryl methyl sites for hydroxylation is 1. The number of ether oxygens (including phenoxy) is 2. The van der Waals surface area contributed by atoms with E-state index in [9.17, 15) is 4.79 Å². The molecule has 0 bridgehead atoms. The van der Waals surface area contributed by atoms with Gasteiger partial charge in [-0.1, -0.05) is 6.07 Å². The Morgan fingerprint density at radius 1 is 1.37 bits per heavy atom. The van der Waals surface area contributed by atoms with Crippen molar-refractivity contribution in [2.24, 2.45) is 5.41 Å². The van der Waals surface area contributed by atoms with Gasteiger partial charge in [-0.2, -0.15) is 0 Å². The molecule has 0 atom stereocenters. The van der Waals surface area contributed by atoms with Crippen molar-refractivity contribution in [3.05, 3.63) is 23.8 Å². The fourth-order valence-corrected chi connectivity index (χ4v) is 2.43. The molecule has 1 aliphatic carbocycles. The van der Waals surface area contributed by atoms with Gasteiger partial charge in [-0.15, -0.1) is 0 Å². The van der Waals surface area contributed by atoms with Gasteiger partial charge in [-0.3, -0.25) is 4.79 Å². The Hall–Kier alpha value is -1.71. The summed E-state index contributed by atoms with van der Waals surface area (Å²) in [6, 6.07) is 6.05. The summed E-state index contributed by atoms with van der Waals surface area (Å²) in [5, 5.41) is 0. The molecule has 19 heavy (non-hydrogen) atoms. The first-order valence-electron chi connectivity index (χ1n) is 6.46. The van der Waals surface area contributed by atoms with Crippen LogP contribution >= 0.6 is 0 Å². The molecule has 4 nitrogen and oxygen atoms in total. The number of hydrogen-bond donors (Lipinski definition) is 0. The van der Waals surface area contributed by atoms with Crippen molar-refractivity contribution >= 4 is 11.7 Å². The fourth-order valence-electron chi connectivity index (χ4n) is 2.43. The van der Waals surface area contributed by atoms with Crippen LogP contribution in [-0.4, -0.2) is 33.8 Å². The molecule has 0 aliphatic heterocycles. The highest BCUT2D eigenvalue weighted by Gasteiger charge is 2.51. The van der Waals surface area contributed by atoms with E-state index in [2.05, 4.69) is 11.0 Å². The molecular weight excluding hydrogens is 242 g/mol. The second-order valence-electron chi connectivity index (χ2n) is 5.30. The van der Waals surface area contributed by atoms with Crippen LogP contribution in [0.5, 0.6) is 5.75 Å². The van der Waals surface area contributed by atoms with E-state index >= 15 is 0 Å². The van der Waals surface area contributed by atoms with E-state index in [1.807, 2.05) is 26.1 Å². The molecule has 0 saturated heterocycles. The monoisotopic (exact) mass is 263 g/mol. The summed E-state index contributed by atoms with van der Waals surface area (Å²) in [5.41, 5.74) is 1.86. The van der Waals surface area contributed by atoms with E-state index in [1.165, 1.54) is 12.7 Å². The number of methoxy groups -OCH3 is 2. The Labute approximate surface area is 114 Å². The second-order valence-corrected chi connectivity index (χ2v) is 5.30. The van der Waals surface area contributed by atoms with Gasteiger partial charge in [0.05, 0.1) is 25.3 Å². The van der Waals surface area contributed by atoms with Crippen LogP contribution in [0.15, 0.2) is 18.2 Å². The van der Waals surface area contributed by atoms with Crippen LogP contribution in [0.25, 0.3) is 0 Å². The lowest BCUT2D eigenvalue weighted by Crippen LogP contribution is -2.32. The van der Waals surface area contributed by atoms with Crippen LogP contribution in [0, 0.1) is 12.3 Å². The number of benzene rings is 1. The van der Waals surface area contributed by atoms with Crippen LogP contribution in [0.4, 0.5) is 5.69 Å². The van der Waals surface area contributed by atoms with Crippen molar-refractivity contribution in [3.8, 4) is 5.75 Å². The van der Waals surface area contributed by atoms with E-state index in [1.54, 1.807) is 7.11 Å². The molecule has 2 rings (SSSR count). The van der Waals surface area contributed by atoms with Crippen molar-refractivity contribution in [1.82, 2.24) is 0 Å². The van der Waals surface area contributed by atoms with Gasteiger partial charge in [0.25, 0.3) is 0 Å². The molecule has 0 amide bonds. The van der Waals surface area contributed by atoms with E-state index in [0.29, 0.717) is 6.54 Å². The summed E-state index contributed by atoms with van der Waals surface area (Å²) in [5.74, 6) is 0.722. The predicted molar refractivity (Wildman–Crippen MR) is 74.7 cm³/mol. The maximum Gasteiger partial charge on any atom is 0.313 e. The molecule has 1 aliphatic rings. The minimum absolute atomic E-state index is 0.106. The molecule has 0 spiro atoms. The number of carbonyl (C=O) groups is 1. The summed E-state index contributed by atoms with van der Waals surface area (Å²) in [6.07, 6.45) is 1.80. The third-order valence-corrected chi connectivity index (χ3v) is 3.76. The van der Waals surface area contributed by atoms with Gasteiger partial charge in [-0.05, 0) is 37.5 Å². The number of anilines is 1. The van der Waals surface area contributed by atoms with Crippen molar-refractivity contribution < 1.29 is 14.3 Å². The molecule has 0 radical (unpaired) electrons. The minimum Gasteiger partial charge on any atom is -0.495 e. The third kappa shape index (κ3) is 2.67. The summed E-state index contributed by atoms with van der Waals surface area (Å²) in [7, 11) is 5.10. The standard InChI is InChI=1S/C15H21NO3/c1-11-5-6-13(18-3)12(9-11)16(2)10-15(7-8-15)14(17)19-4/h5-6,9H,7-8,10H2,1-4H3. The molecule has 1 aromatic rings.